The van der Waals surface area contributed by atoms with Crippen LogP contribution in [-0.2, 0) is 9.53 Å². The molecular weight excluding hydrogens is 216 g/mol. The summed E-state index contributed by atoms with van der Waals surface area (Å²) in [6.45, 7) is 1.73. The third kappa shape index (κ3) is 2.99. The number of amides is 1. The lowest BCUT2D eigenvalue weighted by Crippen LogP contribution is -2.50. The first-order valence-corrected chi connectivity index (χ1v) is 6.87. The van der Waals surface area contributed by atoms with Crippen LogP contribution in [0.25, 0.3) is 0 Å². The first-order chi connectivity index (χ1) is 8.27. The molecule has 2 aliphatic rings. The summed E-state index contributed by atoms with van der Waals surface area (Å²) < 4.78 is 5.71. The second kappa shape index (κ2) is 5.83. The highest BCUT2D eigenvalue weighted by atomic mass is 16.5. The van der Waals surface area contributed by atoms with Gasteiger partial charge in [-0.15, -0.1) is 0 Å². The van der Waals surface area contributed by atoms with Gasteiger partial charge in [-0.25, -0.2) is 0 Å². The van der Waals surface area contributed by atoms with Crippen molar-refractivity contribution in [3.05, 3.63) is 0 Å². The van der Waals surface area contributed by atoms with E-state index in [9.17, 15) is 4.79 Å². The van der Waals surface area contributed by atoms with E-state index in [2.05, 4.69) is 5.32 Å². The van der Waals surface area contributed by atoms with Crippen molar-refractivity contribution in [1.82, 2.24) is 5.32 Å². The Bertz CT molecular complexity index is 253. The van der Waals surface area contributed by atoms with Crippen LogP contribution in [0, 0.1) is 5.41 Å². The molecule has 1 amide bonds. The second-order valence-corrected chi connectivity index (χ2v) is 5.37. The van der Waals surface area contributed by atoms with Crippen molar-refractivity contribution < 1.29 is 9.53 Å². The molecule has 0 saturated heterocycles. The molecule has 0 aromatic carbocycles. The van der Waals surface area contributed by atoms with Gasteiger partial charge in [-0.2, -0.15) is 0 Å². The van der Waals surface area contributed by atoms with Crippen molar-refractivity contribution in [1.29, 1.82) is 0 Å². The molecule has 98 valence electrons. The molecule has 2 saturated carbocycles. The van der Waals surface area contributed by atoms with Gasteiger partial charge in [0.05, 0.1) is 18.1 Å². The normalized spacial score (nSPS) is 23.4. The Morgan fingerprint density at radius 1 is 1.29 bits per heavy atom. The Hall–Kier alpha value is -0.610. The molecular formula is C13H24N2O2. The minimum Gasteiger partial charge on any atom is -0.376 e. The van der Waals surface area contributed by atoms with E-state index in [1.807, 2.05) is 0 Å². The van der Waals surface area contributed by atoms with Crippen molar-refractivity contribution in [2.45, 2.75) is 51.0 Å². The molecule has 2 rings (SSSR count). The molecule has 0 radical (unpaired) electrons. The predicted molar refractivity (Wildman–Crippen MR) is 66.6 cm³/mol. The van der Waals surface area contributed by atoms with Gasteiger partial charge in [0.15, 0.2) is 0 Å². The zero-order valence-corrected chi connectivity index (χ0v) is 10.5. The minimum atomic E-state index is -0.257. The highest BCUT2D eigenvalue weighted by Gasteiger charge is 2.42. The zero-order chi connectivity index (χ0) is 12.1. The Balaban J connectivity index is 1.59. The quantitative estimate of drug-likeness (QED) is 0.685. The molecule has 0 bridgehead atoms. The van der Waals surface area contributed by atoms with Gasteiger partial charge in [-0.1, -0.05) is 19.3 Å². The Morgan fingerprint density at radius 3 is 2.53 bits per heavy atom. The second-order valence-electron chi connectivity index (χ2n) is 5.37. The number of hydrogen-bond acceptors (Lipinski definition) is 3. The summed E-state index contributed by atoms with van der Waals surface area (Å²) in [5, 5.41) is 2.96. The van der Waals surface area contributed by atoms with Gasteiger partial charge in [-0.05, 0) is 25.7 Å². The predicted octanol–water partition coefficient (Wildman–Crippen LogP) is 1.19. The van der Waals surface area contributed by atoms with E-state index in [-0.39, 0.29) is 11.3 Å². The van der Waals surface area contributed by atoms with E-state index in [1.165, 1.54) is 25.7 Å². The minimum absolute atomic E-state index is 0.126. The molecule has 3 N–H and O–H groups in total. The average Bonchev–Trinajstić information content (AvgIpc) is 2.76. The van der Waals surface area contributed by atoms with Crippen LogP contribution in [-0.4, -0.2) is 31.7 Å². The van der Waals surface area contributed by atoms with Crippen LogP contribution in [0.1, 0.15) is 44.9 Å². The number of rotatable bonds is 6. The third-order valence-electron chi connectivity index (χ3n) is 4.23. The van der Waals surface area contributed by atoms with Gasteiger partial charge < -0.3 is 15.8 Å². The molecule has 4 nitrogen and oxygen atoms in total. The van der Waals surface area contributed by atoms with Crippen molar-refractivity contribution in [3.63, 3.8) is 0 Å². The molecule has 0 spiro atoms. The standard InChI is InChI=1S/C13H24N2O2/c14-10-13(6-3-7-13)12(16)15-8-9-17-11-4-1-2-5-11/h11H,1-10,14H2,(H,15,16). The number of nitrogens with one attached hydrogen (secondary N) is 1. The zero-order valence-electron chi connectivity index (χ0n) is 10.5. The molecule has 0 aromatic heterocycles. The fraction of sp³-hybridized carbons (Fsp3) is 0.923. The maximum absolute atomic E-state index is 11.9. The number of carbonyl (C=O) groups excluding carboxylic acids is 1. The number of hydrogen-bond donors (Lipinski definition) is 2. The van der Waals surface area contributed by atoms with Gasteiger partial charge in [0.1, 0.15) is 0 Å². The summed E-state index contributed by atoms with van der Waals surface area (Å²) in [7, 11) is 0. The van der Waals surface area contributed by atoms with E-state index in [4.69, 9.17) is 10.5 Å². The van der Waals surface area contributed by atoms with E-state index >= 15 is 0 Å². The van der Waals surface area contributed by atoms with Crippen molar-refractivity contribution in [3.8, 4) is 0 Å². The Morgan fingerprint density at radius 2 is 2.00 bits per heavy atom. The molecule has 2 fully saturated rings. The largest absolute Gasteiger partial charge is 0.376 e. The summed E-state index contributed by atoms with van der Waals surface area (Å²) in [5.41, 5.74) is 5.42. The maximum atomic E-state index is 11.9. The Labute approximate surface area is 103 Å². The van der Waals surface area contributed by atoms with Crippen LogP contribution in [0.4, 0.5) is 0 Å². The molecule has 0 aromatic rings. The van der Waals surface area contributed by atoms with Crippen LogP contribution >= 0.6 is 0 Å². The Kier molecular flexibility index (Phi) is 4.40. The van der Waals surface area contributed by atoms with Crippen LogP contribution in [0.3, 0.4) is 0 Å². The molecule has 4 heteroatoms. The molecule has 0 aliphatic heterocycles. The molecule has 0 unspecified atom stereocenters. The lowest BCUT2D eigenvalue weighted by Gasteiger charge is -2.39. The summed E-state index contributed by atoms with van der Waals surface area (Å²) in [6, 6.07) is 0. The van der Waals surface area contributed by atoms with Crippen molar-refractivity contribution >= 4 is 5.91 Å². The van der Waals surface area contributed by atoms with Crippen LogP contribution in [0.15, 0.2) is 0 Å². The molecule has 17 heavy (non-hydrogen) atoms. The highest BCUT2D eigenvalue weighted by Crippen LogP contribution is 2.39. The van der Waals surface area contributed by atoms with Gasteiger partial charge in [0, 0.05) is 13.1 Å². The van der Waals surface area contributed by atoms with Gasteiger partial charge in [0.25, 0.3) is 0 Å². The molecule has 2 aliphatic carbocycles. The van der Waals surface area contributed by atoms with Crippen LogP contribution < -0.4 is 11.1 Å². The molecule has 0 atom stereocenters. The molecule has 0 heterocycles. The smallest absolute Gasteiger partial charge is 0.227 e. The first kappa shape index (κ1) is 12.8. The summed E-state index contributed by atoms with van der Waals surface area (Å²) in [6.07, 6.45) is 8.38. The van der Waals surface area contributed by atoms with Crippen LogP contribution in [0.5, 0.6) is 0 Å². The number of ether oxygens (including phenoxy) is 1. The fourth-order valence-corrected chi connectivity index (χ4v) is 2.76. The lowest BCUT2D eigenvalue weighted by molar-refractivity contribution is -0.135. The third-order valence-corrected chi connectivity index (χ3v) is 4.23. The lowest BCUT2D eigenvalue weighted by atomic mass is 9.68. The topological polar surface area (TPSA) is 64.4 Å². The van der Waals surface area contributed by atoms with Gasteiger partial charge >= 0.3 is 0 Å². The highest BCUT2D eigenvalue weighted by molar-refractivity contribution is 5.83. The van der Waals surface area contributed by atoms with Gasteiger partial charge in [-0.3, -0.25) is 4.79 Å². The van der Waals surface area contributed by atoms with Crippen LogP contribution in [0.2, 0.25) is 0 Å². The monoisotopic (exact) mass is 240 g/mol. The SMILES string of the molecule is NCC1(C(=O)NCCOC2CCCC2)CCC1. The average molecular weight is 240 g/mol. The van der Waals surface area contributed by atoms with Crippen molar-refractivity contribution in [2.24, 2.45) is 11.1 Å². The summed E-state index contributed by atoms with van der Waals surface area (Å²) in [4.78, 5) is 11.9. The fourth-order valence-electron chi connectivity index (χ4n) is 2.76. The van der Waals surface area contributed by atoms with E-state index in [1.54, 1.807) is 0 Å². The van der Waals surface area contributed by atoms with E-state index < -0.39 is 0 Å². The maximum Gasteiger partial charge on any atom is 0.227 e. The summed E-state index contributed by atoms with van der Waals surface area (Å²) in [5.74, 6) is 0.126. The summed E-state index contributed by atoms with van der Waals surface area (Å²) >= 11 is 0. The first-order valence-electron chi connectivity index (χ1n) is 6.87. The number of carbonyl (C=O) groups is 1. The number of nitrogens with two attached hydrogens (primary N) is 1. The van der Waals surface area contributed by atoms with E-state index in [0.29, 0.717) is 25.8 Å². The van der Waals surface area contributed by atoms with E-state index in [0.717, 1.165) is 19.3 Å². The van der Waals surface area contributed by atoms with Crippen molar-refractivity contribution in [2.75, 3.05) is 19.7 Å². The van der Waals surface area contributed by atoms with Gasteiger partial charge in [0.2, 0.25) is 5.91 Å².